The highest BCUT2D eigenvalue weighted by atomic mass is 79.9. The summed E-state index contributed by atoms with van der Waals surface area (Å²) in [6, 6.07) is 4.72. The molecule has 1 aromatic rings. The summed E-state index contributed by atoms with van der Waals surface area (Å²) in [5.41, 5.74) is 2.18. The second kappa shape index (κ2) is 7.38. The summed E-state index contributed by atoms with van der Waals surface area (Å²) in [5.74, 6) is -2.30. The van der Waals surface area contributed by atoms with Gasteiger partial charge in [-0.15, -0.1) is 12.4 Å². The highest BCUT2D eigenvalue weighted by molar-refractivity contribution is 9.10. The summed E-state index contributed by atoms with van der Waals surface area (Å²) in [5, 5.41) is 8.90. The zero-order valence-corrected chi connectivity index (χ0v) is 15.4. The van der Waals surface area contributed by atoms with E-state index < -0.39 is 43.7 Å². The largest absolute Gasteiger partial charge is 0.316 e. The van der Waals surface area contributed by atoms with Crippen LogP contribution in [0.25, 0.3) is 0 Å². The first-order valence-electron chi connectivity index (χ1n) is 6.03. The Bertz CT molecular complexity index is 722. The van der Waals surface area contributed by atoms with Crippen LogP contribution in [0.15, 0.2) is 22.7 Å². The lowest BCUT2D eigenvalue weighted by atomic mass is 9.93. The molecule has 1 unspecified atom stereocenters. The summed E-state index contributed by atoms with van der Waals surface area (Å²) < 4.78 is 63.5. The van der Waals surface area contributed by atoms with Crippen LogP contribution in [0.4, 0.5) is 13.2 Å². The van der Waals surface area contributed by atoms with Gasteiger partial charge in [0.1, 0.15) is 11.4 Å². The second-order valence-electron chi connectivity index (χ2n) is 5.35. The Morgan fingerprint density at radius 3 is 2.35 bits per heavy atom. The lowest BCUT2D eigenvalue weighted by Crippen LogP contribution is -2.53. The molecule has 0 saturated carbocycles. The van der Waals surface area contributed by atoms with Gasteiger partial charge in [0, 0.05) is 10.0 Å². The van der Waals surface area contributed by atoms with Crippen LogP contribution in [-0.4, -0.2) is 25.3 Å². The average Bonchev–Trinajstić information content (AvgIpc) is 2.40. The van der Waals surface area contributed by atoms with E-state index in [4.69, 9.17) is 11.0 Å². The van der Waals surface area contributed by atoms with E-state index in [9.17, 15) is 21.6 Å². The van der Waals surface area contributed by atoms with Crippen molar-refractivity contribution in [3.63, 3.8) is 0 Å². The van der Waals surface area contributed by atoms with Crippen molar-refractivity contribution in [1.82, 2.24) is 0 Å². The van der Waals surface area contributed by atoms with Gasteiger partial charge in [0.05, 0.1) is 11.8 Å². The van der Waals surface area contributed by atoms with E-state index in [-0.39, 0.29) is 16.9 Å². The van der Waals surface area contributed by atoms with Gasteiger partial charge in [-0.1, -0.05) is 15.9 Å². The Hall–Kier alpha value is -0.820. The predicted molar refractivity (Wildman–Crippen MR) is 86.7 cm³/mol. The highest BCUT2D eigenvalue weighted by Gasteiger charge is 2.48. The molecular weight excluding hydrogens is 421 g/mol. The minimum absolute atomic E-state index is 0. The number of hydrogen-bond acceptors (Lipinski definition) is 4. The van der Waals surface area contributed by atoms with Gasteiger partial charge in [0.25, 0.3) is 6.43 Å². The van der Waals surface area contributed by atoms with E-state index in [2.05, 4.69) is 15.9 Å². The van der Waals surface area contributed by atoms with Gasteiger partial charge in [-0.2, -0.15) is 5.26 Å². The first kappa shape index (κ1) is 22.2. The third kappa shape index (κ3) is 4.38. The SMILES string of the molecule is CC(C)(C#N)S(=O)(=O)CC(N)(c1cc(Br)ccc1F)C(F)F.Cl. The van der Waals surface area contributed by atoms with Crippen LogP contribution in [0.2, 0.25) is 0 Å². The normalized spacial score (nSPS) is 14.7. The van der Waals surface area contributed by atoms with Crippen molar-refractivity contribution in [1.29, 1.82) is 5.26 Å². The maximum absolute atomic E-state index is 13.9. The van der Waals surface area contributed by atoms with Crippen LogP contribution in [0.1, 0.15) is 19.4 Å². The van der Waals surface area contributed by atoms with E-state index in [0.717, 1.165) is 26.0 Å². The third-order valence-electron chi connectivity index (χ3n) is 3.29. The molecular formula is C13H15BrClF3N2O2S. The summed E-state index contributed by atoms with van der Waals surface area (Å²) >= 11 is 3.00. The Kier molecular flexibility index (Phi) is 7.12. The quantitative estimate of drug-likeness (QED) is 0.770. The van der Waals surface area contributed by atoms with Gasteiger partial charge in [-0.3, -0.25) is 0 Å². The number of nitrogens with zero attached hydrogens (tertiary/aromatic N) is 1. The summed E-state index contributed by atoms with van der Waals surface area (Å²) in [7, 11) is -4.34. The topological polar surface area (TPSA) is 84.0 Å². The Labute approximate surface area is 147 Å². The molecule has 1 aromatic carbocycles. The third-order valence-corrected chi connectivity index (χ3v) is 6.29. The second-order valence-corrected chi connectivity index (χ2v) is 8.80. The molecule has 0 bridgehead atoms. The van der Waals surface area contributed by atoms with Crippen molar-refractivity contribution in [2.75, 3.05) is 5.75 Å². The maximum atomic E-state index is 13.9. The molecule has 0 aliphatic heterocycles. The number of halogens is 5. The van der Waals surface area contributed by atoms with E-state index in [1.807, 2.05) is 0 Å². The molecule has 0 heterocycles. The van der Waals surface area contributed by atoms with Crippen LogP contribution in [0.5, 0.6) is 0 Å². The first-order chi connectivity index (χ1) is 9.87. The Morgan fingerprint density at radius 2 is 1.91 bits per heavy atom. The van der Waals surface area contributed by atoms with E-state index in [0.29, 0.717) is 0 Å². The fourth-order valence-corrected chi connectivity index (χ4v) is 3.45. The van der Waals surface area contributed by atoms with E-state index >= 15 is 0 Å². The molecule has 0 radical (unpaired) electrons. The molecule has 0 aromatic heterocycles. The molecule has 23 heavy (non-hydrogen) atoms. The lowest BCUT2D eigenvalue weighted by molar-refractivity contribution is 0.0619. The zero-order valence-electron chi connectivity index (χ0n) is 12.2. The molecule has 0 aliphatic carbocycles. The minimum atomic E-state index is -4.34. The van der Waals surface area contributed by atoms with Gasteiger partial charge in [0.15, 0.2) is 14.6 Å². The highest BCUT2D eigenvalue weighted by Crippen LogP contribution is 2.34. The van der Waals surface area contributed by atoms with Crippen molar-refractivity contribution in [2.45, 2.75) is 30.6 Å². The van der Waals surface area contributed by atoms with Gasteiger partial charge in [-0.25, -0.2) is 21.6 Å². The molecule has 0 fully saturated rings. The van der Waals surface area contributed by atoms with Crippen LogP contribution in [0.3, 0.4) is 0 Å². The van der Waals surface area contributed by atoms with Gasteiger partial charge >= 0.3 is 0 Å². The molecule has 4 nitrogen and oxygen atoms in total. The molecule has 1 rings (SSSR count). The van der Waals surface area contributed by atoms with Crippen molar-refractivity contribution < 1.29 is 21.6 Å². The molecule has 0 saturated heterocycles. The first-order valence-corrected chi connectivity index (χ1v) is 8.48. The summed E-state index contributed by atoms with van der Waals surface area (Å²) in [6.07, 6.45) is -3.35. The van der Waals surface area contributed by atoms with Crippen molar-refractivity contribution in [2.24, 2.45) is 5.73 Å². The molecule has 130 valence electrons. The van der Waals surface area contributed by atoms with Gasteiger partial charge in [0.2, 0.25) is 0 Å². The smallest absolute Gasteiger partial charge is 0.261 e. The monoisotopic (exact) mass is 434 g/mol. The molecule has 1 atom stereocenters. The van der Waals surface area contributed by atoms with Crippen LogP contribution >= 0.6 is 28.3 Å². The number of sulfone groups is 1. The van der Waals surface area contributed by atoms with E-state index in [1.54, 1.807) is 0 Å². The van der Waals surface area contributed by atoms with Gasteiger partial charge in [-0.05, 0) is 32.0 Å². The molecule has 2 N–H and O–H groups in total. The number of alkyl halides is 2. The number of hydrogen-bond donors (Lipinski definition) is 1. The Balaban J connectivity index is 0.00000484. The molecule has 0 spiro atoms. The van der Waals surface area contributed by atoms with Crippen molar-refractivity contribution >= 4 is 38.2 Å². The number of nitriles is 1. The number of benzene rings is 1. The Morgan fingerprint density at radius 1 is 1.39 bits per heavy atom. The van der Waals surface area contributed by atoms with Gasteiger partial charge < -0.3 is 5.73 Å². The minimum Gasteiger partial charge on any atom is -0.316 e. The van der Waals surface area contributed by atoms with Crippen molar-refractivity contribution in [3.8, 4) is 6.07 Å². The number of nitrogens with two attached hydrogens (primary N) is 1. The lowest BCUT2D eigenvalue weighted by Gasteiger charge is -2.31. The standard InChI is InChI=1S/C13H14BrF3N2O2S.ClH/c1-12(2,6-18)22(20,21)7-13(19,11(16)17)9-5-8(14)3-4-10(9)15;/h3-5,11H,7,19H2,1-2H3;1H. The molecule has 0 amide bonds. The van der Waals surface area contributed by atoms with Crippen LogP contribution < -0.4 is 5.73 Å². The fourth-order valence-electron chi connectivity index (χ4n) is 1.68. The molecule has 10 heteroatoms. The van der Waals surface area contributed by atoms with Crippen LogP contribution in [-0.2, 0) is 15.4 Å². The number of rotatable bonds is 5. The summed E-state index contributed by atoms with van der Waals surface area (Å²) in [4.78, 5) is 0. The zero-order chi connectivity index (χ0) is 17.3. The van der Waals surface area contributed by atoms with Crippen molar-refractivity contribution in [3.05, 3.63) is 34.1 Å². The van der Waals surface area contributed by atoms with E-state index in [1.165, 1.54) is 12.1 Å². The predicted octanol–water partition coefficient (Wildman–Crippen LogP) is 3.15. The maximum Gasteiger partial charge on any atom is 0.261 e. The average molecular weight is 436 g/mol. The fraction of sp³-hybridized carbons (Fsp3) is 0.462. The van der Waals surface area contributed by atoms with Crippen LogP contribution in [0, 0.1) is 17.1 Å². The molecule has 0 aliphatic rings. The summed E-state index contributed by atoms with van der Waals surface area (Å²) in [6.45, 7) is 2.15.